The maximum Gasteiger partial charge on any atom is 0.243 e. The molecule has 0 radical (unpaired) electrons. The van der Waals surface area contributed by atoms with Crippen LogP contribution < -0.4 is 5.32 Å². The van der Waals surface area contributed by atoms with Crippen LogP contribution >= 0.6 is 23.4 Å². The molecule has 1 N–H and O–H groups in total. The molecule has 0 saturated carbocycles. The number of aromatic nitrogens is 3. The number of benzene rings is 2. The maximum absolute atomic E-state index is 12.6. The number of carbonyl (C=O) groups is 2. The van der Waals surface area contributed by atoms with Crippen LogP contribution in [0.25, 0.3) is 5.69 Å². The molecule has 2 amide bonds. The van der Waals surface area contributed by atoms with E-state index in [1.165, 1.54) is 16.7 Å². The van der Waals surface area contributed by atoms with E-state index in [0.717, 1.165) is 28.1 Å². The van der Waals surface area contributed by atoms with Gasteiger partial charge in [-0.25, -0.2) is 0 Å². The molecule has 0 bridgehead atoms. The summed E-state index contributed by atoms with van der Waals surface area (Å²) in [5.74, 6) is -0.292. The third-order valence-electron chi connectivity index (χ3n) is 4.83. The fraction of sp³-hybridized carbons (Fsp3) is 0.273. The van der Waals surface area contributed by atoms with Crippen molar-refractivity contribution in [1.82, 2.24) is 19.7 Å². The summed E-state index contributed by atoms with van der Waals surface area (Å²) >= 11 is 7.47. The van der Waals surface area contributed by atoms with Crippen molar-refractivity contribution in [3.63, 3.8) is 0 Å². The highest BCUT2D eigenvalue weighted by Crippen LogP contribution is 2.24. The number of anilines is 1. The van der Waals surface area contributed by atoms with Gasteiger partial charge in [0.15, 0.2) is 5.16 Å². The fourth-order valence-electron chi connectivity index (χ4n) is 2.96. The highest BCUT2D eigenvalue weighted by atomic mass is 35.5. The van der Waals surface area contributed by atoms with Gasteiger partial charge in [0.05, 0.1) is 18.0 Å². The second-order valence-electron chi connectivity index (χ2n) is 7.27. The summed E-state index contributed by atoms with van der Waals surface area (Å²) in [5.41, 5.74) is 4.54. The lowest BCUT2D eigenvalue weighted by Crippen LogP contribution is -2.36. The number of nitrogens with zero attached hydrogens (tertiary/aromatic N) is 4. The molecule has 3 aromatic rings. The van der Waals surface area contributed by atoms with E-state index in [2.05, 4.69) is 15.5 Å². The summed E-state index contributed by atoms with van der Waals surface area (Å²) < 4.78 is 1.77. The van der Waals surface area contributed by atoms with Gasteiger partial charge < -0.3 is 10.2 Å². The van der Waals surface area contributed by atoms with Crippen LogP contribution in [-0.2, 0) is 9.59 Å². The third kappa shape index (κ3) is 5.65. The Morgan fingerprint density at radius 1 is 1.13 bits per heavy atom. The molecular weight excluding hydrogens is 434 g/mol. The lowest BCUT2D eigenvalue weighted by molar-refractivity contribution is -0.131. The van der Waals surface area contributed by atoms with Gasteiger partial charge in [0.2, 0.25) is 11.8 Å². The summed E-state index contributed by atoms with van der Waals surface area (Å²) in [6, 6.07) is 11.5. The Balaban J connectivity index is 1.58. The molecule has 0 aliphatic rings. The molecule has 3 rings (SSSR count). The first-order chi connectivity index (χ1) is 14.8. The highest BCUT2D eigenvalue weighted by Gasteiger charge is 2.17. The van der Waals surface area contributed by atoms with E-state index in [4.69, 9.17) is 11.6 Å². The minimum Gasteiger partial charge on any atom is -0.336 e. The number of carbonyl (C=O) groups excluding carboxylic acids is 2. The average molecular weight is 458 g/mol. The fourth-order valence-corrected chi connectivity index (χ4v) is 4.01. The first kappa shape index (κ1) is 22.8. The van der Waals surface area contributed by atoms with Crippen LogP contribution in [0.1, 0.15) is 16.7 Å². The van der Waals surface area contributed by atoms with Crippen molar-refractivity contribution in [2.75, 3.05) is 24.7 Å². The molecule has 0 atom stereocenters. The number of nitrogens with one attached hydrogen (secondary N) is 1. The van der Waals surface area contributed by atoms with Crippen molar-refractivity contribution in [2.45, 2.75) is 25.9 Å². The molecule has 162 valence electrons. The average Bonchev–Trinajstić information content (AvgIpc) is 3.19. The number of rotatable bonds is 7. The lowest BCUT2D eigenvalue weighted by atomic mass is 10.1. The first-order valence-corrected chi connectivity index (χ1v) is 11.0. The van der Waals surface area contributed by atoms with E-state index >= 15 is 0 Å². The van der Waals surface area contributed by atoms with E-state index in [1.54, 1.807) is 17.9 Å². The Labute approximate surface area is 190 Å². The molecule has 0 unspecified atom stereocenters. The molecule has 0 aliphatic heterocycles. The summed E-state index contributed by atoms with van der Waals surface area (Å²) in [6.45, 7) is 5.77. The lowest BCUT2D eigenvalue weighted by Gasteiger charge is -2.18. The van der Waals surface area contributed by atoms with Gasteiger partial charge in [0.1, 0.15) is 6.33 Å². The van der Waals surface area contributed by atoms with Gasteiger partial charge in [-0.1, -0.05) is 47.6 Å². The molecule has 1 aromatic heterocycles. The van der Waals surface area contributed by atoms with Crippen LogP contribution in [0.15, 0.2) is 47.9 Å². The predicted molar refractivity (Wildman–Crippen MR) is 124 cm³/mol. The van der Waals surface area contributed by atoms with E-state index in [-0.39, 0.29) is 24.1 Å². The summed E-state index contributed by atoms with van der Waals surface area (Å²) in [6.07, 6.45) is 1.58. The van der Waals surface area contributed by atoms with Crippen molar-refractivity contribution in [2.24, 2.45) is 0 Å². The second-order valence-corrected chi connectivity index (χ2v) is 8.62. The van der Waals surface area contributed by atoms with Gasteiger partial charge >= 0.3 is 0 Å². The van der Waals surface area contributed by atoms with Crippen LogP contribution in [0, 0.1) is 20.8 Å². The Morgan fingerprint density at radius 2 is 1.84 bits per heavy atom. The zero-order chi connectivity index (χ0) is 22.5. The topological polar surface area (TPSA) is 80.1 Å². The van der Waals surface area contributed by atoms with E-state index < -0.39 is 0 Å². The van der Waals surface area contributed by atoms with Crippen molar-refractivity contribution in [1.29, 1.82) is 0 Å². The molecule has 2 aromatic carbocycles. The van der Waals surface area contributed by atoms with Gasteiger partial charge in [-0.2, -0.15) is 0 Å². The zero-order valence-electron chi connectivity index (χ0n) is 17.8. The Kier molecular flexibility index (Phi) is 7.35. The van der Waals surface area contributed by atoms with Gasteiger partial charge in [-0.3, -0.25) is 14.2 Å². The third-order valence-corrected chi connectivity index (χ3v) is 6.16. The number of para-hydroxylation sites is 1. The minimum atomic E-state index is -0.240. The SMILES string of the molecule is Cc1ccc(-n2cnnc2SCC(=O)N(C)CC(=O)Nc2c(C)cccc2C)cc1Cl. The Morgan fingerprint density at radius 3 is 2.52 bits per heavy atom. The maximum atomic E-state index is 12.6. The van der Waals surface area contributed by atoms with Crippen LogP contribution in [0.3, 0.4) is 0 Å². The summed E-state index contributed by atoms with van der Waals surface area (Å²) in [4.78, 5) is 26.4. The van der Waals surface area contributed by atoms with Gasteiger partial charge in [-0.05, 0) is 49.6 Å². The van der Waals surface area contributed by atoms with Gasteiger partial charge in [-0.15, -0.1) is 10.2 Å². The second kappa shape index (κ2) is 9.98. The van der Waals surface area contributed by atoms with Crippen molar-refractivity contribution >= 4 is 40.9 Å². The van der Waals surface area contributed by atoms with Crippen molar-refractivity contribution < 1.29 is 9.59 Å². The first-order valence-electron chi connectivity index (χ1n) is 9.65. The predicted octanol–water partition coefficient (Wildman–Crippen LogP) is 4.04. The molecule has 7 nitrogen and oxygen atoms in total. The largest absolute Gasteiger partial charge is 0.336 e. The molecule has 0 fully saturated rings. The molecule has 31 heavy (non-hydrogen) atoms. The van der Waals surface area contributed by atoms with E-state index in [9.17, 15) is 9.59 Å². The number of thioether (sulfide) groups is 1. The van der Waals surface area contributed by atoms with Gasteiger partial charge in [0.25, 0.3) is 0 Å². The summed E-state index contributed by atoms with van der Waals surface area (Å²) in [5, 5.41) is 12.2. The minimum absolute atomic E-state index is 0.0343. The number of aryl methyl sites for hydroxylation is 3. The Bertz CT molecular complexity index is 1090. The smallest absolute Gasteiger partial charge is 0.243 e. The summed E-state index contributed by atoms with van der Waals surface area (Å²) in [7, 11) is 1.61. The molecule has 0 saturated heterocycles. The molecule has 9 heteroatoms. The van der Waals surface area contributed by atoms with Crippen LogP contribution in [0.5, 0.6) is 0 Å². The quantitative estimate of drug-likeness (QED) is 0.541. The van der Waals surface area contributed by atoms with Crippen molar-refractivity contribution in [3.8, 4) is 5.69 Å². The Hall–Kier alpha value is -2.84. The number of hydrogen-bond donors (Lipinski definition) is 1. The normalized spacial score (nSPS) is 10.7. The van der Waals surface area contributed by atoms with E-state index in [0.29, 0.717) is 10.2 Å². The molecule has 0 aliphatic carbocycles. The standard InChI is InChI=1S/C22H24ClN5O2S/c1-14-8-9-17(10-18(14)23)28-13-24-26-22(28)31-12-20(30)27(4)11-19(29)25-21-15(2)6-5-7-16(21)3/h5-10,13H,11-12H2,1-4H3,(H,25,29). The molecular formula is C22H24ClN5O2S. The number of amides is 2. The number of halogens is 1. The van der Waals surface area contributed by atoms with Crippen molar-refractivity contribution in [3.05, 3.63) is 64.4 Å². The van der Waals surface area contributed by atoms with Crippen LogP contribution in [0.4, 0.5) is 5.69 Å². The number of likely N-dealkylation sites (N-methyl/N-ethyl adjacent to an activating group) is 1. The van der Waals surface area contributed by atoms with E-state index in [1.807, 2.05) is 57.2 Å². The highest BCUT2D eigenvalue weighted by molar-refractivity contribution is 7.99. The molecule has 1 heterocycles. The van der Waals surface area contributed by atoms with Gasteiger partial charge in [0, 0.05) is 17.8 Å². The zero-order valence-corrected chi connectivity index (χ0v) is 19.4. The monoisotopic (exact) mass is 457 g/mol. The number of hydrogen-bond acceptors (Lipinski definition) is 5. The van der Waals surface area contributed by atoms with Crippen LogP contribution in [0.2, 0.25) is 5.02 Å². The molecule has 0 spiro atoms. The van der Waals surface area contributed by atoms with Crippen LogP contribution in [-0.4, -0.2) is 50.8 Å².